The van der Waals surface area contributed by atoms with Crippen molar-refractivity contribution in [2.75, 3.05) is 26.2 Å². The molecule has 1 aliphatic heterocycles. The largest absolute Gasteiger partial charge is 0.390 e. The van der Waals surface area contributed by atoms with Gasteiger partial charge in [-0.3, -0.25) is 9.59 Å². The Morgan fingerprint density at radius 2 is 1.85 bits per heavy atom. The van der Waals surface area contributed by atoms with Crippen LogP contribution in [-0.2, 0) is 0 Å². The predicted molar refractivity (Wildman–Crippen MR) is 102 cm³/mol. The first kappa shape index (κ1) is 20.4. The smallest absolute Gasteiger partial charge is 0.253 e. The molecule has 2 atom stereocenters. The molecule has 6 heteroatoms. The fourth-order valence-corrected chi connectivity index (χ4v) is 3.16. The zero-order valence-corrected chi connectivity index (χ0v) is 16.0. The van der Waals surface area contributed by atoms with Crippen molar-refractivity contribution in [1.82, 2.24) is 15.5 Å². The van der Waals surface area contributed by atoms with Gasteiger partial charge < -0.3 is 20.6 Å². The number of hydrogen-bond acceptors (Lipinski definition) is 4. The zero-order valence-electron chi connectivity index (χ0n) is 16.0. The Kier molecular flexibility index (Phi) is 7.60. The Morgan fingerprint density at radius 3 is 2.38 bits per heavy atom. The number of benzene rings is 1. The number of carbonyl (C=O) groups is 2. The normalized spacial score (nSPS) is 17.3. The highest BCUT2D eigenvalue weighted by Crippen LogP contribution is 2.14. The van der Waals surface area contributed by atoms with Gasteiger partial charge >= 0.3 is 0 Å². The van der Waals surface area contributed by atoms with E-state index >= 15 is 0 Å². The number of hydrogen-bond donors (Lipinski definition) is 3. The molecular weight excluding hydrogens is 330 g/mol. The molecule has 0 unspecified atom stereocenters. The number of carbonyl (C=O) groups excluding carboxylic acids is 2. The third-order valence-corrected chi connectivity index (χ3v) is 4.66. The summed E-state index contributed by atoms with van der Waals surface area (Å²) in [6.07, 6.45) is 2.13. The van der Waals surface area contributed by atoms with Gasteiger partial charge in [-0.15, -0.1) is 0 Å². The summed E-state index contributed by atoms with van der Waals surface area (Å²) in [5.41, 5.74) is 1.86. The van der Waals surface area contributed by atoms with Crippen LogP contribution in [0.4, 0.5) is 0 Å². The highest BCUT2D eigenvalue weighted by atomic mass is 16.3. The van der Waals surface area contributed by atoms with Gasteiger partial charge in [0.05, 0.1) is 6.10 Å². The number of nitrogens with zero attached hydrogens (tertiary/aromatic N) is 1. The van der Waals surface area contributed by atoms with Crippen LogP contribution in [0.5, 0.6) is 0 Å². The Labute approximate surface area is 156 Å². The zero-order chi connectivity index (χ0) is 19.1. The summed E-state index contributed by atoms with van der Waals surface area (Å²) < 4.78 is 0. The Morgan fingerprint density at radius 1 is 1.23 bits per heavy atom. The van der Waals surface area contributed by atoms with Crippen LogP contribution in [0.1, 0.15) is 59.4 Å². The van der Waals surface area contributed by atoms with E-state index in [0.29, 0.717) is 24.2 Å². The number of aryl methyl sites for hydroxylation is 1. The van der Waals surface area contributed by atoms with Crippen LogP contribution in [0.3, 0.4) is 0 Å². The number of rotatable bonds is 9. The third kappa shape index (κ3) is 5.29. The summed E-state index contributed by atoms with van der Waals surface area (Å²) in [6, 6.07) is 5.30. The Bertz CT molecular complexity index is 623. The first-order chi connectivity index (χ1) is 12.5. The Hall–Kier alpha value is -1.92. The topological polar surface area (TPSA) is 81.7 Å². The van der Waals surface area contributed by atoms with Gasteiger partial charge in [-0.2, -0.15) is 0 Å². The van der Waals surface area contributed by atoms with Crippen molar-refractivity contribution in [1.29, 1.82) is 0 Å². The molecule has 1 aromatic carbocycles. The molecule has 1 aromatic rings. The van der Waals surface area contributed by atoms with E-state index in [1.54, 1.807) is 12.1 Å². The fraction of sp³-hybridized carbons (Fsp3) is 0.600. The molecule has 2 amide bonds. The van der Waals surface area contributed by atoms with Gasteiger partial charge in [0, 0.05) is 36.8 Å². The second kappa shape index (κ2) is 9.69. The summed E-state index contributed by atoms with van der Waals surface area (Å²) in [5.74, 6) is -0.302. The second-order valence-corrected chi connectivity index (χ2v) is 7.01. The van der Waals surface area contributed by atoms with Gasteiger partial charge in [-0.1, -0.05) is 13.8 Å². The van der Waals surface area contributed by atoms with Crippen LogP contribution in [0.15, 0.2) is 18.2 Å². The molecular formula is C20H31N3O3. The van der Waals surface area contributed by atoms with E-state index in [9.17, 15) is 14.7 Å². The Balaban J connectivity index is 2.07. The van der Waals surface area contributed by atoms with Crippen LogP contribution < -0.4 is 10.6 Å². The summed E-state index contributed by atoms with van der Waals surface area (Å²) in [7, 11) is 0. The van der Waals surface area contributed by atoms with Gasteiger partial charge in [0.15, 0.2) is 0 Å². The van der Waals surface area contributed by atoms with Crippen molar-refractivity contribution >= 4 is 11.8 Å². The van der Waals surface area contributed by atoms with Crippen molar-refractivity contribution in [3.05, 3.63) is 34.9 Å². The molecule has 144 valence electrons. The van der Waals surface area contributed by atoms with Crippen molar-refractivity contribution in [2.45, 2.75) is 52.2 Å². The lowest BCUT2D eigenvalue weighted by Gasteiger charge is -2.32. The molecule has 26 heavy (non-hydrogen) atoms. The van der Waals surface area contributed by atoms with Gasteiger partial charge in [-0.25, -0.2) is 0 Å². The fourth-order valence-electron chi connectivity index (χ4n) is 3.16. The monoisotopic (exact) mass is 361 g/mol. The molecule has 0 spiro atoms. The van der Waals surface area contributed by atoms with E-state index < -0.39 is 6.10 Å². The standard InChI is InChI=1S/C20H31N3O3/c1-4-8-23(9-5-2)20(26)16-11-14(3)10-15(12-16)19(25)22-13-18(24)17-6-7-21-17/h10-12,17-18,21,24H,4-9,13H2,1-3H3,(H,22,25)/t17-,18+/m1/s1. The maximum Gasteiger partial charge on any atom is 0.253 e. The third-order valence-electron chi connectivity index (χ3n) is 4.66. The van der Waals surface area contributed by atoms with E-state index in [0.717, 1.165) is 31.4 Å². The van der Waals surface area contributed by atoms with Crippen molar-refractivity contribution in [3.8, 4) is 0 Å². The summed E-state index contributed by atoms with van der Waals surface area (Å²) in [5, 5.41) is 15.9. The molecule has 0 aliphatic carbocycles. The molecule has 6 nitrogen and oxygen atoms in total. The molecule has 1 fully saturated rings. The van der Waals surface area contributed by atoms with Gasteiger partial charge in [0.1, 0.15) is 0 Å². The first-order valence-corrected chi connectivity index (χ1v) is 9.56. The lowest BCUT2D eigenvalue weighted by atomic mass is 10.0. The van der Waals surface area contributed by atoms with E-state index in [1.165, 1.54) is 0 Å². The predicted octanol–water partition coefficient (Wildman–Crippen LogP) is 1.71. The molecule has 0 bridgehead atoms. The van der Waals surface area contributed by atoms with E-state index in [-0.39, 0.29) is 24.4 Å². The van der Waals surface area contributed by atoms with Gasteiger partial charge in [-0.05, 0) is 56.5 Å². The van der Waals surface area contributed by atoms with Crippen molar-refractivity contribution < 1.29 is 14.7 Å². The lowest BCUT2D eigenvalue weighted by molar-refractivity contribution is 0.0755. The minimum Gasteiger partial charge on any atom is -0.390 e. The molecule has 3 N–H and O–H groups in total. The quantitative estimate of drug-likeness (QED) is 0.625. The van der Waals surface area contributed by atoms with E-state index in [1.807, 2.05) is 31.7 Å². The molecule has 1 heterocycles. The average Bonchev–Trinajstić information content (AvgIpc) is 2.56. The second-order valence-electron chi connectivity index (χ2n) is 7.01. The summed E-state index contributed by atoms with van der Waals surface area (Å²) in [4.78, 5) is 27.1. The SMILES string of the molecule is CCCN(CCC)C(=O)c1cc(C)cc(C(=O)NC[C@H](O)[C@H]2CCN2)c1. The number of nitrogens with one attached hydrogen (secondary N) is 2. The summed E-state index contributed by atoms with van der Waals surface area (Å²) >= 11 is 0. The first-order valence-electron chi connectivity index (χ1n) is 9.56. The molecule has 0 saturated carbocycles. The molecule has 0 aromatic heterocycles. The maximum absolute atomic E-state index is 12.8. The number of aliphatic hydroxyl groups is 1. The van der Waals surface area contributed by atoms with E-state index in [4.69, 9.17) is 0 Å². The van der Waals surface area contributed by atoms with Gasteiger partial charge in [0.2, 0.25) is 0 Å². The highest BCUT2D eigenvalue weighted by Gasteiger charge is 2.25. The van der Waals surface area contributed by atoms with E-state index in [2.05, 4.69) is 10.6 Å². The minimum absolute atomic E-state index is 0.0369. The minimum atomic E-state index is -0.594. The number of aliphatic hydroxyl groups excluding tert-OH is 1. The highest BCUT2D eigenvalue weighted by molar-refractivity contribution is 6.00. The molecule has 2 rings (SSSR count). The molecule has 0 radical (unpaired) electrons. The summed E-state index contributed by atoms with van der Waals surface area (Å²) in [6.45, 7) is 8.51. The van der Waals surface area contributed by atoms with Crippen LogP contribution >= 0.6 is 0 Å². The van der Waals surface area contributed by atoms with Crippen LogP contribution in [-0.4, -0.2) is 60.1 Å². The van der Waals surface area contributed by atoms with Crippen LogP contribution in [0.25, 0.3) is 0 Å². The van der Waals surface area contributed by atoms with Crippen LogP contribution in [0, 0.1) is 6.92 Å². The average molecular weight is 361 g/mol. The molecule has 1 aliphatic rings. The van der Waals surface area contributed by atoms with Crippen molar-refractivity contribution in [2.24, 2.45) is 0 Å². The van der Waals surface area contributed by atoms with Gasteiger partial charge in [0.25, 0.3) is 11.8 Å². The van der Waals surface area contributed by atoms with Crippen LogP contribution in [0.2, 0.25) is 0 Å². The number of amides is 2. The maximum atomic E-state index is 12.8. The molecule has 1 saturated heterocycles. The van der Waals surface area contributed by atoms with Crippen molar-refractivity contribution in [3.63, 3.8) is 0 Å². The lowest BCUT2D eigenvalue weighted by Crippen LogP contribution is -2.54.